The molecule has 0 atom stereocenters. The highest BCUT2D eigenvalue weighted by Crippen LogP contribution is 2.19. The van der Waals surface area contributed by atoms with Gasteiger partial charge < -0.3 is 10.2 Å². The summed E-state index contributed by atoms with van der Waals surface area (Å²) in [5.41, 5.74) is 0.775. The average Bonchev–Trinajstić information content (AvgIpc) is 2.15. The first kappa shape index (κ1) is 6.85. The average molecular weight is 152 g/mol. The van der Waals surface area contributed by atoms with Gasteiger partial charge in [-0.2, -0.15) is 0 Å². The lowest BCUT2D eigenvalue weighted by molar-refractivity contribution is -0.127. The standard InChI is InChI=1S/C8H12N2O/c1-6-2-3-10(8(6)11)7-4-9-5-7/h7,9H,1-5H2. The summed E-state index contributed by atoms with van der Waals surface area (Å²) >= 11 is 0. The number of nitrogens with zero attached hydrogens (tertiary/aromatic N) is 1. The van der Waals surface area contributed by atoms with E-state index in [1.807, 2.05) is 4.90 Å². The van der Waals surface area contributed by atoms with Crippen molar-refractivity contribution in [1.82, 2.24) is 10.2 Å². The van der Waals surface area contributed by atoms with E-state index < -0.39 is 0 Å². The number of hydrogen-bond acceptors (Lipinski definition) is 2. The molecule has 2 fully saturated rings. The van der Waals surface area contributed by atoms with E-state index in [0.29, 0.717) is 6.04 Å². The Kier molecular flexibility index (Phi) is 1.46. The minimum Gasteiger partial charge on any atom is -0.333 e. The first-order chi connectivity index (χ1) is 5.29. The van der Waals surface area contributed by atoms with Gasteiger partial charge in [-0.15, -0.1) is 0 Å². The Hall–Kier alpha value is -0.830. The van der Waals surface area contributed by atoms with Crippen LogP contribution < -0.4 is 5.32 Å². The maximum atomic E-state index is 11.3. The third kappa shape index (κ3) is 0.959. The van der Waals surface area contributed by atoms with Gasteiger partial charge in [0.15, 0.2) is 0 Å². The summed E-state index contributed by atoms with van der Waals surface area (Å²) in [6.45, 7) is 6.51. The fourth-order valence-corrected chi connectivity index (χ4v) is 1.51. The van der Waals surface area contributed by atoms with Crippen molar-refractivity contribution in [3.63, 3.8) is 0 Å². The van der Waals surface area contributed by atoms with Crippen LogP contribution in [0.4, 0.5) is 0 Å². The molecule has 2 heterocycles. The molecule has 0 radical (unpaired) electrons. The molecule has 2 aliphatic heterocycles. The quantitative estimate of drug-likeness (QED) is 0.525. The van der Waals surface area contributed by atoms with Crippen molar-refractivity contribution in [3.05, 3.63) is 12.2 Å². The molecule has 1 amide bonds. The zero-order valence-electron chi connectivity index (χ0n) is 6.47. The van der Waals surface area contributed by atoms with Crippen molar-refractivity contribution >= 4 is 5.91 Å². The molecule has 0 bridgehead atoms. The molecule has 0 aromatic heterocycles. The second kappa shape index (κ2) is 2.34. The zero-order valence-corrected chi connectivity index (χ0v) is 6.47. The van der Waals surface area contributed by atoms with Crippen molar-refractivity contribution in [1.29, 1.82) is 0 Å². The number of nitrogens with one attached hydrogen (secondary N) is 1. The van der Waals surface area contributed by atoms with Crippen LogP contribution in [0.5, 0.6) is 0 Å². The van der Waals surface area contributed by atoms with Gasteiger partial charge in [-0.1, -0.05) is 6.58 Å². The van der Waals surface area contributed by atoms with E-state index in [4.69, 9.17) is 0 Å². The highest BCUT2D eigenvalue weighted by atomic mass is 16.2. The van der Waals surface area contributed by atoms with Crippen molar-refractivity contribution in [3.8, 4) is 0 Å². The van der Waals surface area contributed by atoms with Gasteiger partial charge in [0.25, 0.3) is 0 Å². The first-order valence-corrected chi connectivity index (χ1v) is 3.98. The molecule has 11 heavy (non-hydrogen) atoms. The van der Waals surface area contributed by atoms with Crippen LogP contribution in [-0.2, 0) is 4.79 Å². The highest BCUT2D eigenvalue weighted by molar-refractivity contribution is 5.95. The fourth-order valence-electron chi connectivity index (χ4n) is 1.51. The molecule has 0 spiro atoms. The van der Waals surface area contributed by atoms with Gasteiger partial charge in [0.05, 0.1) is 6.04 Å². The van der Waals surface area contributed by atoms with Crippen LogP contribution in [-0.4, -0.2) is 36.5 Å². The molecule has 0 aromatic rings. The summed E-state index contributed by atoms with van der Waals surface area (Å²) in [5, 5.41) is 3.15. The third-order valence-electron chi connectivity index (χ3n) is 2.42. The van der Waals surface area contributed by atoms with Gasteiger partial charge in [-0.05, 0) is 6.42 Å². The van der Waals surface area contributed by atoms with Crippen LogP contribution in [0.15, 0.2) is 12.2 Å². The van der Waals surface area contributed by atoms with Gasteiger partial charge in [0.1, 0.15) is 0 Å². The number of amides is 1. The predicted molar refractivity (Wildman–Crippen MR) is 42.1 cm³/mol. The summed E-state index contributed by atoms with van der Waals surface area (Å²) in [6.07, 6.45) is 0.856. The molecule has 2 saturated heterocycles. The van der Waals surface area contributed by atoms with E-state index in [1.54, 1.807) is 0 Å². The Balaban J connectivity index is 2.04. The monoisotopic (exact) mass is 152 g/mol. The summed E-state index contributed by atoms with van der Waals surface area (Å²) in [4.78, 5) is 13.3. The molecule has 60 valence electrons. The van der Waals surface area contributed by atoms with Crippen molar-refractivity contribution in [2.75, 3.05) is 19.6 Å². The van der Waals surface area contributed by atoms with E-state index >= 15 is 0 Å². The maximum Gasteiger partial charge on any atom is 0.249 e. The fraction of sp³-hybridized carbons (Fsp3) is 0.625. The Morgan fingerprint density at radius 1 is 1.55 bits per heavy atom. The van der Waals surface area contributed by atoms with Gasteiger partial charge in [-0.25, -0.2) is 0 Å². The maximum absolute atomic E-state index is 11.3. The number of rotatable bonds is 1. The molecule has 1 N–H and O–H groups in total. The Morgan fingerprint density at radius 3 is 2.64 bits per heavy atom. The van der Waals surface area contributed by atoms with Gasteiger partial charge >= 0.3 is 0 Å². The van der Waals surface area contributed by atoms with E-state index in [0.717, 1.165) is 31.6 Å². The molecule has 3 heteroatoms. The van der Waals surface area contributed by atoms with E-state index in [-0.39, 0.29) is 5.91 Å². The van der Waals surface area contributed by atoms with Gasteiger partial charge in [0.2, 0.25) is 5.91 Å². The predicted octanol–water partition coefficient (Wildman–Crippen LogP) is -0.253. The second-order valence-corrected chi connectivity index (χ2v) is 3.16. The summed E-state index contributed by atoms with van der Waals surface area (Å²) in [7, 11) is 0. The number of hydrogen-bond donors (Lipinski definition) is 1. The van der Waals surface area contributed by atoms with Gasteiger partial charge in [0, 0.05) is 25.2 Å². The molecule has 3 nitrogen and oxygen atoms in total. The highest BCUT2D eigenvalue weighted by Gasteiger charge is 2.33. The SMILES string of the molecule is C=C1CCN(C2CNC2)C1=O. The van der Waals surface area contributed by atoms with E-state index in [1.165, 1.54) is 0 Å². The minimum atomic E-state index is 0.163. The van der Waals surface area contributed by atoms with Crippen LogP contribution in [0.3, 0.4) is 0 Å². The van der Waals surface area contributed by atoms with Crippen molar-refractivity contribution < 1.29 is 4.79 Å². The minimum absolute atomic E-state index is 0.163. The molecule has 0 saturated carbocycles. The Bertz CT molecular complexity index is 208. The Labute approximate surface area is 66.1 Å². The van der Waals surface area contributed by atoms with Crippen LogP contribution in [0.1, 0.15) is 6.42 Å². The van der Waals surface area contributed by atoms with Crippen LogP contribution >= 0.6 is 0 Å². The molecular weight excluding hydrogens is 140 g/mol. The largest absolute Gasteiger partial charge is 0.333 e. The number of carbonyl (C=O) groups is 1. The van der Waals surface area contributed by atoms with Crippen LogP contribution in [0.2, 0.25) is 0 Å². The number of likely N-dealkylation sites (tertiary alicyclic amines) is 1. The molecule has 0 aliphatic carbocycles. The summed E-state index contributed by atoms with van der Waals surface area (Å²) < 4.78 is 0. The Morgan fingerprint density at radius 2 is 2.27 bits per heavy atom. The smallest absolute Gasteiger partial charge is 0.249 e. The van der Waals surface area contributed by atoms with E-state index in [9.17, 15) is 4.79 Å². The van der Waals surface area contributed by atoms with E-state index in [2.05, 4.69) is 11.9 Å². The molecule has 2 rings (SSSR count). The lowest BCUT2D eigenvalue weighted by Crippen LogP contribution is -2.57. The summed E-state index contributed by atoms with van der Waals surface area (Å²) in [5.74, 6) is 0.163. The topological polar surface area (TPSA) is 32.3 Å². The number of carbonyl (C=O) groups excluding carboxylic acids is 1. The lowest BCUT2D eigenvalue weighted by atomic mass is 10.1. The van der Waals surface area contributed by atoms with Crippen LogP contribution in [0, 0.1) is 0 Å². The lowest BCUT2D eigenvalue weighted by Gasteiger charge is -2.35. The van der Waals surface area contributed by atoms with Crippen LogP contribution in [0.25, 0.3) is 0 Å². The zero-order chi connectivity index (χ0) is 7.84. The second-order valence-electron chi connectivity index (χ2n) is 3.16. The molecule has 2 aliphatic rings. The first-order valence-electron chi connectivity index (χ1n) is 3.98. The molecule has 0 unspecified atom stereocenters. The molecular formula is C8H12N2O. The van der Waals surface area contributed by atoms with Crippen molar-refractivity contribution in [2.24, 2.45) is 0 Å². The normalized spacial score (nSPS) is 26.0. The van der Waals surface area contributed by atoms with Crippen molar-refractivity contribution in [2.45, 2.75) is 12.5 Å². The molecule has 0 aromatic carbocycles. The summed E-state index contributed by atoms with van der Waals surface area (Å²) in [6, 6.07) is 0.446. The third-order valence-corrected chi connectivity index (χ3v) is 2.42. The van der Waals surface area contributed by atoms with Gasteiger partial charge in [-0.3, -0.25) is 4.79 Å².